The molecule has 0 bridgehead atoms. The van der Waals surface area contributed by atoms with Crippen molar-refractivity contribution >= 4 is 22.4 Å². The number of halogens is 1. The van der Waals surface area contributed by atoms with Gasteiger partial charge in [0.1, 0.15) is 10.9 Å². The Morgan fingerprint density at radius 1 is 1.31 bits per heavy atom. The molecule has 0 amide bonds. The maximum atomic E-state index is 6.09. The first-order valence-corrected chi connectivity index (χ1v) is 5.75. The van der Waals surface area contributed by atoms with Gasteiger partial charge in [0, 0.05) is 10.8 Å². The molecule has 16 heavy (non-hydrogen) atoms. The lowest BCUT2D eigenvalue weighted by Crippen LogP contribution is -1.90. The summed E-state index contributed by atoms with van der Waals surface area (Å²) < 4.78 is 5.26. The predicted octanol–water partition coefficient (Wildman–Crippen LogP) is 3.85. The lowest BCUT2D eigenvalue weighted by atomic mass is 10.1. The molecule has 1 heterocycles. The molecule has 0 N–H and O–H groups in total. The molecule has 0 unspecified atom stereocenters. The number of rotatable bonds is 3. The van der Waals surface area contributed by atoms with Gasteiger partial charge in [0.2, 0.25) is 0 Å². The van der Waals surface area contributed by atoms with E-state index in [1.165, 1.54) is 5.56 Å². The van der Waals surface area contributed by atoms with E-state index in [2.05, 4.69) is 24.0 Å². The highest BCUT2D eigenvalue weighted by atomic mass is 35.5. The standard InChI is InChI=1S/C13H14ClNO/c1-3-4-9-5-6-10-11(7-9)13(14)15-8-12(10)16-2/h5-8H,3-4H2,1-2H3. The van der Waals surface area contributed by atoms with Crippen LogP contribution in [-0.4, -0.2) is 12.1 Å². The largest absolute Gasteiger partial charge is 0.494 e. The van der Waals surface area contributed by atoms with Crippen molar-refractivity contribution in [1.82, 2.24) is 4.98 Å². The zero-order valence-electron chi connectivity index (χ0n) is 9.46. The summed E-state index contributed by atoms with van der Waals surface area (Å²) in [5, 5.41) is 2.52. The molecule has 3 heteroatoms. The van der Waals surface area contributed by atoms with E-state index in [0.29, 0.717) is 5.15 Å². The molecule has 0 fully saturated rings. The second-order valence-corrected chi connectivity index (χ2v) is 4.11. The second-order valence-electron chi connectivity index (χ2n) is 3.75. The Morgan fingerprint density at radius 3 is 2.81 bits per heavy atom. The Labute approximate surface area is 100 Å². The predicted molar refractivity (Wildman–Crippen MR) is 67.3 cm³/mol. The monoisotopic (exact) mass is 235 g/mol. The SMILES string of the molecule is CCCc1ccc2c(OC)cnc(Cl)c2c1. The van der Waals surface area contributed by atoms with Crippen LogP contribution in [0.15, 0.2) is 24.4 Å². The molecule has 0 aliphatic heterocycles. The Hall–Kier alpha value is -1.28. The minimum atomic E-state index is 0.536. The van der Waals surface area contributed by atoms with E-state index >= 15 is 0 Å². The minimum absolute atomic E-state index is 0.536. The number of ether oxygens (including phenoxy) is 1. The number of fused-ring (bicyclic) bond motifs is 1. The number of methoxy groups -OCH3 is 1. The number of nitrogens with zero attached hydrogens (tertiary/aromatic N) is 1. The normalized spacial score (nSPS) is 10.7. The zero-order chi connectivity index (χ0) is 11.5. The lowest BCUT2D eigenvalue weighted by molar-refractivity contribution is 0.418. The summed E-state index contributed by atoms with van der Waals surface area (Å²) in [4.78, 5) is 4.12. The van der Waals surface area contributed by atoms with Gasteiger partial charge in [-0.15, -0.1) is 0 Å². The van der Waals surface area contributed by atoms with Gasteiger partial charge in [-0.25, -0.2) is 4.98 Å². The highest BCUT2D eigenvalue weighted by Gasteiger charge is 2.06. The third-order valence-corrected chi connectivity index (χ3v) is 2.93. The average molecular weight is 236 g/mol. The highest BCUT2D eigenvalue weighted by molar-refractivity contribution is 6.34. The molecule has 84 valence electrons. The molecule has 1 aromatic carbocycles. The van der Waals surface area contributed by atoms with Gasteiger partial charge >= 0.3 is 0 Å². The number of aromatic nitrogens is 1. The molecule has 2 rings (SSSR count). The molecule has 0 radical (unpaired) electrons. The summed E-state index contributed by atoms with van der Waals surface area (Å²) in [6, 6.07) is 6.26. The molecular formula is C13H14ClNO. The fourth-order valence-electron chi connectivity index (χ4n) is 1.84. The fraction of sp³-hybridized carbons (Fsp3) is 0.308. The summed E-state index contributed by atoms with van der Waals surface area (Å²) in [6.45, 7) is 2.16. The Balaban J connectivity index is 2.63. The number of hydrogen-bond acceptors (Lipinski definition) is 2. The van der Waals surface area contributed by atoms with Crippen LogP contribution in [0.3, 0.4) is 0 Å². The number of benzene rings is 1. The van der Waals surface area contributed by atoms with E-state index in [9.17, 15) is 0 Å². The summed E-state index contributed by atoms with van der Waals surface area (Å²) in [5.41, 5.74) is 1.28. The van der Waals surface area contributed by atoms with Crippen molar-refractivity contribution in [3.8, 4) is 5.75 Å². The van der Waals surface area contributed by atoms with Crippen LogP contribution in [0.25, 0.3) is 10.8 Å². The maximum Gasteiger partial charge on any atom is 0.145 e. The van der Waals surface area contributed by atoms with Crippen molar-refractivity contribution in [2.45, 2.75) is 19.8 Å². The van der Waals surface area contributed by atoms with Gasteiger partial charge in [-0.2, -0.15) is 0 Å². The van der Waals surface area contributed by atoms with Crippen molar-refractivity contribution in [3.05, 3.63) is 35.1 Å². The van der Waals surface area contributed by atoms with Crippen LogP contribution in [0.4, 0.5) is 0 Å². The molecule has 0 saturated carbocycles. The summed E-state index contributed by atoms with van der Waals surface area (Å²) in [6.07, 6.45) is 3.84. The van der Waals surface area contributed by atoms with Crippen LogP contribution in [0.1, 0.15) is 18.9 Å². The average Bonchev–Trinajstić information content (AvgIpc) is 2.31. The third-order valence-electron chi connectivity index (χ3n) is 2.63. The van der Waals surface area contributed by atoms with Crippen molar-refractivity contribution in [2.24, 2.45) is 0 Å². The molecule has 0 spiro atoms. The molecule has 0 aliphatic carbocycles. The van der Waals surface area contributed by atoms with Crippen molar-refractivity contribution in [3.63, 3.8) is 0 Å². The van der Waals surface area contributed by atoms with Gasteiger partial charge in [-0.1, -0.05) is 37.1 Å². The molecule has 0 aliphatic rings. The molecule has 1 aromatic heterocycles. The van der Waals surface area contributed by atoms with Crippen LogP contribution in [0.5, 0.6) is 5.75 Å². The van der Waals surface area contributed by atoms with E-state index < -0.39 is 0 Å². The van der Waals surface area contributed by atoms with E-state index in [0.717, 1.165) is 29.4 Å². The minimum Gasteiger partial charge on any atom is -0.494 e. The summed E-state index contributed by atoms with van der Waals surface area (Å²) >= 11 is 6.09. The number of aryl methyl sites for hydroxylation is 1. The first kappa shape index (κ1) is 11.2. The van der Waals surface area contributed by atoms with Crippen LogP contribution in [0.2, 0.25) is 5.15 Å². The van der Waals surface area contributed by atoms with Gasteiger partial charge in [-0.3, -0.25) is 0 Å². The summed E-state index contributed by atoms with van der Waals surface area (Å²) in [7, 11) is 1.64. The number of pyridine rings is 1. The summed E-state index contributed by atoms with van der Waals surface area (Å²) in [5.74, 6) is 0.766. The lowest BCUT2D eigenvalue weighted by Gasteiger charge is -2.07. The molecule has 2 aromatic rings. The van der Waals surface area contributed by atoms with Crippen LogP contribution < -0.4 is 4.74 Å². The Kier molecular flexibility index (Phi) is 3.30. The van der Waals surface area contributed by atoms with Crippen molar-refractivity contribution in [1.29, 1.82) is 0 Å². The van der Waals surface area contributed by atoms with Gasteiger partial charge in [0.15, 0.2) is 0 Å². The smallest absolute Gasteiger partial charge is 0.145 e. The molecule has 2 nitrogen and oxygen atoms in total. The third kappa shape index (κ3) is 1.98. The highest BCUT2D eigenvalue weighted by Crippen LogP contribution is 2.30. The Bertz CT molecular complexity index is 511. The molecule has 0 saturated heterocycles. The Morgan fingerprint density at radius 2 is 2.12 bits per heavy atom. The molecular weight excluding hydrogens is 222 g/mol. The maximum absolute atomic E-state index is 6.09. The van der Waals surface area contributed by atoms with Crippen LogP contribution >= 0.6 is 11.6 Å². The van der Waals surface area contributed by atoms with Crippen molar-refractivity contribution in [2.75, 3.05) is 7.11 Å². The van der Waals surface area contributed by atoms with Crippen LogP contribution in [-0.2, 0) is 6.42 Å². The first-order valence-electron chi connectivity index (χ1n) is 5.37. The number of hydrogen-bond donors (Lipinski definition) is 0. The molecule has 0 atom stereocenters. The van der Waals surface area contributed by atoms with Gasteiger partial charge in [-0.05, 0) is 18.1 Å². The quantitative estimate of drug-likeness (QED) is 0.754. The van der Waals surface area contributed by atoms with E-state index in [4.69, 9.17) is 16.3 Å². The van der Waals surface area contributed by atoms with Gasteiger partial charge in [0.05, 0.1) is 13.3 Å². The topological polar surface area (TPSA) is 22.1 Å². The van der Waals surface area contributed by atoms with Gasteiger partial charge in [0.25, 0.3) is 0 Å². The first-order chi connectivity index (χ1) is 7.76. The van der Waals surface area contributed by atoms with Crippen molar-refractivity contribution < 1.29 is 4.74 Å². The van der Waals surface area contributed by atoms with Gasteiger partial charge < -0.3 is 4.74 Å². The van der Waals surface area contributed by atoms with Crippen LogP contribution in [0, 0.1) is 0 Å². The van der Waals surface area contributed by atoms with E-state index in [1.807, 2.05) is 6.07 Å². The van der Waals surface area contributed by atoms with E-state index in [-0.39, 0.29) is 0 Å². The zero-order valence-corrected chi connectivity index (χ0v) is 10.2. The second kappa shape index (κ2) is 4.71. The fourth-order valence-corrected chi connectivity index (χ4v) is 2.04. The van der Waals surface area contributed by atoms with E-state index in [1.54, 1.807) is 13.3 Å².